The highest BCUT2D eigenvalue weighted by molar-refractivity contribution is 6.30. The molecule has 1 heterocycles. The lowest BCUT2D eigenvalue weighted by Crippen LogP contribution is -2.08. The number of aromatic nitrogens is 2. The molecule has 1 aromatic carbocycles. The smallest absolute Gasteiger partial charge is 0.357 e. The highest BCUT2D eigenvalue weighted by atomic mass is 35.5. The van der Waals surface area contributed by atoms with E-state index < -0.39 is 5.97 Å². The van der Waals surface area contributed by atoms with Crippen LogP contribution in [0.1, 0.15) is 21.7 Å². The fraction of sp³-hybridized carbons (Fsp3) is 0.154. The minimum Gasteiger partial charge on any atom is -0.456 e. The molecule has 4 nitrogen and oxygen atoms in total. The summed E-state index contributed by atoms with van der Waals surface area (Å²) in [5, 5.41) is 0.615. The van der Waals surface area contributed by atoms with Crippen molar-refractivity contribution in [3.63, 3.8) is 0 Å². The van der Waals surface area contributed by atoms with Crippen LogP contribution >= 0.6 is 23.2 Å². The van der Waals surface area contributed by atoms with Gasteiger partial charge in [-0.3, -0.25) is 0 Å². The van der Waals surface area contributed by atoms with E-state index in [0.29, 0.717) is 10.7 Å². The maximum absolute atomic E-state index is 11.8. The van der Waals surface area contributed by atoms with E-state index in [1.54, 1.807) is 25.1 Å². The summed E-state index contributed by atoms with van der Waals surface area (Å²) in [4.78, 5) is 19.5. The third-order valence-corrected chi connectivity index (χ3v) is 2.70. The zero-order chi connectivity index (χ0) is 13.8. The molecule has 0 atom stereocenters. The fourth-order valence-corrected chi connectivity index (χ4v) is 1.92. The van der Waals surface area contributed by atoms with Crippen molar-refractivity contribution >= 4 is 29.2 Å². The molecule has 0 saturated carbocycles. The van der Waals surface area contributed by atoms with Gasteiger partial charge >= 0.3 is 5.97 Å². The molecule has 0 aliphatic carbocycles. The van der Waals surface area contributed by atoms with Crippen LogP contribution in [0.3, 0.4) is 0 Å². The molecule has 0 fully saturated rings. The SMILES string of the molecule is Cc1cc(C(=O)OCc2cccc(Cl)c2)nc(Cl)n1. The zero-order valence-electron chi connectivity index (χ0n) is 10.1. The third kappa shape index (κ3) is 3.91. The van der Waals surface area contributed by atoms with E-state index in [0.717, 1.165) is 5.56 Å². The van der Waals surface area contributed by atoms with E-state index >= 15 is 0 Å². The number of carbonyl (C=O) groups is 1. The molecule has 0 saturated heterocycles. The Morgan fingerprint density at radius 2 is 2.05 bits per heavy atom. The Balaban J connectivity index is 2.05. The molecule has 0 N–H and O–H groups in total. The predicted octanol–water partition coefficient (Wildman–Crippen LogP) is 3.45. The first-order valence-corrected chi connectivity index (χ1v) is 6.23. The van der Waals surface area contributed by atoms with Crippen molar-refractivity contribution in [3.8, 4) is 0 Å². The summed E-state index contributed by atoms with van der Waals surface area (Å²) in [5.41, 5.74) is 1.55. The van der Waals surface area contributed by atoms with Crippen molar-refractivity contribution < 1.29 is 9.53 Å². The third-order valence-electron chi connectivity index (χ3n) is 2.30. The molecule has 0 spiro atoms. The Morgan fingerprint density at radius 3 is 2.74 bits per heavy atom. The molecule has 0 unspecified atom stereocenters. The van der Waals surface area contributed by atoms with Gasteiger partial charge in [0.2, 0.25) is 5.28 Å². The van der Waals surface area contributed by atoms with Crippen molar-refractivity contribution in [1.29, 1.82) is 0 Å². The van der Waals surface area contributed by atoms with Crippen LogP contribution in [0.4, 0.5) is 0 Å². The van der Waals surface area contributed by atoms with Crippen LogP contribution < -0.4 is 0 Å². The first-order valence-electron chi connectivity index (χ1n) is 5.47. The summed E-state index contributed by atoms with van der Waals surface area (Å²) in [5.74, 6) is -0.549. The van der Waals surface area contributed by atoms with Gasteiger partial charge in [0.05, 0.1) is 0 Å². The van der Waals surface area contributed by atoms with Gasteiger partial charge in [-0.25, -0.2) is 14.8 Å². The summed E-state index contributed by atoms with van der Waals surface area (Å²) in [6.07, 6.45) is 0. The van der Waals surface area contributed by atoms with Crippen LogP contribution in [-0.2, 0) is 11.3 Å². The van der Waals surface area contributed by atoms with E-state index in [2.05, 4.69) is 9.97 Å². The summed E-state index contributed by atoms with van der Waals surface area (Å²) >= 11 is 11.5. The molecular formula is C13H10Cl2N2O2. The fourth-order valence-electron chi connectivity index (χ4n) is 1.49. The number of carbonyl (C=O) groups excluding carboxylic acids is 1. The number of ether oxygens (including phenoxy) is 1. The maximum Gasteiger partial charge on any atom is 0.357 e. The predicted molar refractivity (Wildman–Crippen MR) is 72.4 cm³/mol. The summed E-state index contributed by atoms with van der Waals surface area (Å²) < 4.78 is 5.13. The highest BCUT2D eigenvalue weighted by Crippen LogP contribution is 2.13. The van der Waals surface area contributed by atoms with Gasteiger partial charge in [0, 0.05) is 10.7 Å². The number of nitrogens with zero attached hydrogens (tertiary/aromatic N) is 2. The molecule has 98 valence electrons. The highest BCUT2D eigenvalue weighted by Gasteiger charge is 2.11. The standard InChI is InChI=1S/C13H10Cl2N2O2/c1-8-5-11(17-13(15)16-8)12(18)19-7-9-3-2-4-10(14)6-9/h2-6H,7H2,1H3. The minimum absolute atomic E-state index is 0.0229. The van der Waals surface area contributed by atoms with E-state index in [9.17, 15) is 4.79 Å². The number of hydrogen-bond donors (Lipinski definition) is 0. The molecule has 0 bridgehead atoms. The zero-order valence-corrected chi connectivity index (χ0v) is 11.6. The minimum atomic E-state index is -0.549. The van der Waals surface area contributed by atoms with E-state index in [1.165, 1.54) is 6.07 Å². The quantitative estimate of drug-likeness (QED) is 0.643. The van der Waals surface area contributed by atoms with Gasteiger partial charge in [0.1, 0.15) is 6.61 Å². The molecule has 19 heavy (non-hydrogen) atoms. The summed E-state index contributed by atoms with van der Waals surface area (Å²) in [6, 6.07) is 8.61. The molecule has 1 aromatic heterocycles. The number of aryl methyl sites for hydroxylation is 1. The molecule has 0 amide bonds. The maximum atomic E-state index is 11.8. The first kappa shape index (κ1) is 13.8. The Bertz CT molecular complexity index is 597. The Labute approximate surface area is 120 Å². The van der Waals surface area contributed by atoms with Crippen LogP contribution in [0.15, 0.2) is 30.3 Å². The molecule has 0 aliphatic rings. The molecule has 6 heteroatoms. The average molecular weight is 297 g/mol. The summed E-state index contributed by atoms with van der Waals surface area (Å²) in [7, 11) is 0. The Kier molecular flexibility index (Phi) is 4.35. The van der Waals surface area contributed by atoms with Crippen LogP contribution in [0.25, 0.3) is 0 Å². The van der Waals surface area contributed by atoms with Gasteiger partial charge in [-0.05, 0) is 42.3 Å². The van der Waals surface area contributed by atoms with Crippen LogP contribution in [0.2, 0.25) is 10.3 Å². The van der Waals surface area contributed by atoms with Crippen molar-refractivity contribution in [2.24, 2.45) is 0 Å². The first-order chi connectivity index (χ1) is 9.04. The van der Waals surface area contributed by atoms with Gasteiger partial charge in [-0.2, -0.15) is 0 Å². The van der Waals surface area contributed by atoms with E-state index in [4.69, 9.17) is 27.9 Å². The average Bonchev–Trinajstić information content (AvgIpc) is 2.35. The monoisotopic (exact) mass is 296 g/mol. The van der Waals surface area contributed by atoms with Crippen LogP contribution in [-0.4, -0.2) is 15.9 Å². The molecule has 2 rings (SSSR count). The molecule has 0 aliphatic heterocycles. The lowest BCUT2D eigenvalue weighted by molar-refractivity contribution is 0.0465. The van der Waals surface area contributed by atoms with Crippen LogP contribution in [0, 0.1) is 6.92 Å². The summed E-state index contributed by atoms with van der Waals surface area (Å²) in [6.45, 7) is 1.85. The number of esters is 1. The van der Waals surface area contributed by atoms with Crippen molar-refractivity contribution in [1.82, 2.24) is 9.97 Å². The largest absolute Gasteiger partial charge is 0.456 e. The van der Waals surface area contributed by atoms with Crippen LogP contribution in [0.5, 0.6) is 0 Å². The second-order valence-electron chi connectivity index (χ2n) is 3.87. The molecular weight excluding hydrogens is 287 g/mol. The second-order valence-corrected chi connectivity index (χ2v) is 4.64. The van der Waals surface area contributed by atoms with Gasteiger partial charge < -0.3 is 4.74 Å². The van der Waals surface area contributed by atoms with Crippen molar-refractivity contribution in [3.05, 3.63) is 57.6 Å². The number of hydrogen-bond acceptors (Lipinski definition) is 4. The van der Waals surface area contributed by atoms with Gasteiger partial charge in [0.25, 0.3) is 0 Å². The molecule has 0 radical (unpaired) electrons. The van der Waals surface area contributed by atoms with E-state index in [1.807, 2.05) is 6.07 Å². The lowest BCUT2D eigenvalue weighted by Gasteiger charge is -2.05. The number of halogens is 2. The normalized spacial score (nSPS) is 10.3. The lowest BCUT2D eigenvalue weighted by atomic mass is 10.2. The Hall–Kier alpha value is -1.65. The van der Waals surface area contributed by atoms with Gasteiger partial charge in [-0.1, -0.05) is 23.7 Å². The van der Waals surface area contributed by atoms with E-state index in [-0.39, 0.29) is 17.6 Å². The number of rotatable bonds is 3. The van der Waals surface area contributed by atoms with Gasteiger partial charge in [-0.15, -0.1) is 0 Å². The second kappa shape index (κ2) is 5.99. The van der Waals surface area contributed by atoms with Gasteiger partial charge in [0.15, 0.2) is 5.69 Å². The topological polar surface area (TPSA) is 52.1 Å². The molecule has 2 aromatic rings. The Morgan fingerprint density at radius 1 is 1.26 bits per heavy atom. The van der Waals surface area contributed by atoms with Crippen molar-refractivity contribution in [2.75, 3.05) is 0 Å². The number of benzene rings is 1. The van der Waals surface area contributed by atoms with Crippen molar-refractivity contribution in [2.45, 2.75) is 13.5 Å².